The third-order valence-corrected chi connectivity index (χ3v) is 4.69. The summed E-state index contributed by atoms with van der Waals surface area (Å²) in [4.78, 5) is 6.57. The highest BCUT2D eigenvalue weighted by molar-refractivity contribution is 7.80. The maximum Gasteiger partial charge on any atom is 0.246 e. The van der Waals surface area contributed by atoms with E-state index in [1.165, 1.54) is 5.56 Å². The number of aryl methyl sites for hydroxylation is 2. The van der Waals surface area contributed by atoms with Crippen LogP contribution >= 0.6 is 12.2 Å². The third-order valence-electron chi connectivity index (χ3n) is 4.35. The summed E-state index contributed by atoms with van der Waals surface area (Å²) in [6.07, 6.45) is 0. The van der Waals surface area contributed by atoms with Gasteiger partial charge in [-0.1, -0.05) is 53.2 Å². The number of hydrogen-bond acceptors (Lipinski definition) is 4. The highest BCUT2D eigenvalue weighted by atomic mass is 32.1. The van der Waals surface area contributed by atoms with Gasteiger partial charge < -0.3 is 14.7 Å². The van der Waals surface area contributed by atoms with Crippen LogP contribution in [0.2, 0.25) is 0 Å². The Balaban J connectivity index is 1.74. The predicted molar refractivity (Wildman–Crippen MR) is 113 cm³/mol. The number of anilines is 1. The Hall–Kier alpha value is -2.73. The summed E-state index contributed by atoms with van der Waals surface area (Å²) in [5, 5.41) is 8.07. The van der Waals surface area contributed by atoms with Crippen LogP contribution in [0.1, 0.15) is 30.9 Å². The summed E-state index contributed by atoms with van der Waals surface area (Å²) in [6, 6.07) is 16.3. The normalized spacial score (nSPS) is 10.9. The smallest absolute Gasteiger partial charge is 0.246 e. The van der Waals surface area contributed by atoms with E-state index in [-0.39, 0.29) is 6.04 Å². The molecule has 0 aliphatic carbocycles. The molecule has 5 nitrogen and oxygen atoms in total. The number of para-hydroxylation sites is 1. The Morgan fingerprint density at radius 3 is 2.48 bits per heavy atom. The number of benzene rings is 2. The maximum absolute atomic E-state index is 5.63. The number of hydrogen-bond donors (Lipinski definition) is 1. The molecule has 27 heavy (non-hydrogen) atoms. The van der Waals surface area contributed by atoms with E-state index in [0.717, 1.165) is 16.8 Å². The monoisotopic (exact) mass is 380 g/mol. The van der Waals surface area contributed by atoms with Gasteiger partial charge in [-0.3, -0.25) is 0 Å². The zero-order chi connectivity index (χ0) is 19.4. The fourth-order valence-corrected chi connectivity index (χ4v) is 3.06. The molecule has 0 saturated heterocycles. The first-order valence-corrected chi connectivity index (χ1v) is 9.37. The fourth-order valence-electron chi connectivity index (χ4n) is 2.67. The fraction of sp³-hybridized carbons (Fsp3) is 0.286. The van der Waals surface area contributed by atoms with Gasteiger partial charge in [0.15, 0.2) is 5.11 Å². The molecule has 2 aromatic carbocycles. The van der Waals surface area contributed by atoms with Crippen molar-refractivity contribution in [2.45, 2.75) is 40.3 Å². The number of nitrogens with one attached hydrogen (secondary N) is 1. The van der Waals surface area contributed by atoms with Gasteiger partial charge in [-0.2, -0.15) is 4.98 Å². The zero-order valence-electron chi connectivity index (χ0n) is 16.1. The minimum absolute atomic E-state index is 0.184. The lowest BCUT2D eigenvalue weighted by Crippen LogP contribution is -2.39. The number of nitrogens with zero attached hydrogens (tertiary/aromatic N) is 3. The highest BCUT2D eigenvalue weighted by Crippen LogP contribution is 2.19. The molecule has 0 saturated carbocycles. The van der Waals surface area contributed by atoms with Crippen molar-refractivity contribution in [1.82, 2.24) is 15.0 Å². The lowest BCUT2D eigenvalue weighted by atomic mass is 10.1. The van der Waals surface area contributed by atoms with E-state index in [1.54, 1.807) is 0 Å². The molecule has 1 heterocycles. The van der Waals surface area contributed by atoms with Gasteiger partial charge in [0.2, 0.25) is 11.7 Å². The number of thiocarbonyl (C=S) groups is 1. The van der Waals surface area contributed by atoms with Gasteiger partial charge in [-0.15, -0.1) is 0 Å². The Labute approximate surface area is 165 Å². The number of aromatic nitrogens is 2. The van der Waals surface area contributed by atoms with Crippen molar-refractivity contribution in [3.8, 4) is 11.4 Å². The number of rotatable bonds is 5. The Bertz CT molecular complexity index is 918. The Morgan fingerprint density at radius 1 is 1.11 bits per heavy atom. The van der Waals surface area contributed by atoms with Crippen molar-refractivity contribution < 1.29 is 4.52 Å². The average Bonchev–Trinajstić information content (AvgIpc) is 3.10. The third kappa shape index (κ3) is 4.71. The molecule has 0 atom stereocenters. The summed E-state index contributed by atoms with van der Waals surface area (Å²) < 4.78 is 5.46. The average molecular weight is 381 g/mol. The van der Waals surface area contributed by atoms with Crippen molar-refractivity contribution >= 4 is 23.0 Å². The zero-order valence-corrected chi connectivity index (χ0v) is 16.9. The van der Waals surface area contributed by atoms with Crippen LogP contribution in [-0.4, -0.2) is 26.2 Å². The lowest BCUT2D eigenvalue weighted by Gasteiger charge is -2.28. The molecule has 0 aliphatic rings. The summed E-state index contributed by atoms with van der Waals surface area (Å²) in [5.74, 6) is 1.12. The van der Waals surface area contributed by atoms with Gasteiger partial charge in [0.05, 0.1) is 6.54 Å². The largest absolute Gasteiger partial charge is 0.337 e. The van der Waals surface area contributed by atoms with E-state index < -0.39 is 0 Å². The van der Waals surface area contributed by atoms with Crippen molar-refractivity contribution in [3.05, 3.63) is 65.5 Å². The molecule has 140 valence electrons. The Kier molecular flexibility index (Phi) is 5.86. The first kappa shape index (κ1) is 19.0. The molecule has 0 spiro atoms. The topological polar surface area (TPSA) is 54.2 Å². The minimum atomic E-state index is 0.184. The van der Waals surface area contributed by atoms with E-state index in [4.69, 9.17) is 16.7 Å². The Morgan fingerprint density at radius 2 is 1.81 bits per heavy atom. The maximum atomic E-state index is 5.63. The predicted octanol–water partition coefficient (Wildman–Crippen LogP) is 4.96. The molecule has 0 bridgehead atoms. The van der Waals surface area contributed by atoms with Crippen LogP contribution in [0.4, 0.5) is 5.69 Å². The van der Waals surface area contributed by atoms with Crippen LogP contribution in [-0.2, 0) is 6.54 Å². The van der Waals surface area contributed by atoms with E-state index >= 15 is 0 Å². The molecule has 0 amide bonds. The van der Waals surface area contributed by atoms with Gasteiger partial charge >= 0.3 is 0 Å². The van der Waals surface area contributed by atoms with Crippen molar-refractivity contribution in [2.75, 3.05) is 5.32 Å². The molecule has 3 rings (SSSR count). The van der Waals surface area contributed by atoms with Gasteiger partial charge in [-0.05, 0) is 51.5 Å². The minimum Gasteiger partial charge on any atom is -0.337 e. The van der Waals surface area contributed by atoms with Crippen molar-refractivity contribution in [1.29, 1.82) is 0 Å². The van der Waals surface area contributed by atoms with Gasteiger partial charge in [0.25, 0.3) is 0 Å². The van der Waals surface area contributed by atoms with Crippen LogP contribution in [0.3, 0.4) is 0 Å². The van der Waals surface area contributed by atoms with Crippen LogP contribution < -0.4 is 5.32 Å². The quantitative estimate of drug-likeness (QED) is 0.631. The van der Waals surface area contributed by atoms with E-state index in [9.17, 15) is 0 Å². The van der Waals surface area contributed by atoms with Gasteiger partial charge in [0, 0.05) is 17.3 Å². The van der Waals surface area contributed by atoms with Crippen LogP contribution in [0, 0.1) is 13.8 Å². The molecule has 6 heteroatoms. The molecule has 1 N–H and O–H groups in total. The highest BCUT2D eigenvalue weighted by Gasteiger charge is 2.19. The van der Waals surface area contributed by atoms with Gasteiger partial charge in [0.1, 0.15) is 0 Å². The van der Waals surface area contributed by atoms with E-state index in [2.05, 4.69) is 42.3 Å². The molecule has 0 aliphatic heterocycles. The molecular formula is C21H24N4OS. The standard InChI is InChI=1S/C21H24N4OS/c1-14(2)25(21(27)22-18-8-6-5-7-16(18)4)13-19-23-20(24-26-19)17-11-9-15(3)10-12-17/h5-12,14H,13H2,1-4H3,(H,22,27). The summed E-state index contributed by atoms with van der Waals surface area (Å²) in [7, 11) is 0. The van der Waals surface area contributed by atoms with Crippen LogP contribution in [0.15, 0.2) is 53.1 Å². The second-order valence-electron chi connectivity index (χ2n) is 6.84. The first-order valence-electron chi connectivity index (χ1n) is 8.97. The first-order chi connectivity index (χ1) is 12.9. The van der Waals surface area contributed by atoms with Crippen molar-refractivity contribution in [3.63, 3.8) is 0 Å². The van der Waals surface area contributed by atoms with Crippen LogP contribution in [0.5, 0.6) is 0 Å². The summed E-state index contributed by atoms with van der Waals surface area (Å²) in [5.41, 5.74) is 4.27. The van der Waals surface area contributed by atoms with Crippen molar-refractivity contribution in [2.24, 2.45) is 0 Å². The lowest BCUT2D eigenvalue weighted by molar-refractivity contribution is 0.282. The SMILES string of the molecule is Cc1ccc(-c2noc(CN(C(=S)Nc3ccccc3C)C(C)C)n2)cc1. The second-order valence-corrected chi connectivity index (χ2v) is 7.23. The molecule has 0 radical (unpaired) electrons. The van der Waals surface area contributed by atoms with E-state index in [0.29, 0.717) is 23.4 Å². The second kappa shape index (κ2) is 8.31. The van der Waals surface area contributed by atoms with E-state index in [1.807, 2.05) is 54.3 Å². The molecule has 3 aromatic rings. The van der Waals surface area contributed by atoms with Gasteiger partial charge in [-0.25, -0.2) is 0 Å². The molecule has 0 unspecified atom stereocenters. The molecular weight excluding hydrogens is 356 g/mol. The summed E-state index contributed by atoms with van der Waals surface area (Å²) >= 11 is 5.63. The summed E-state index contributed by atoms with van der Waals surface area (Å²) in [6.45, 7) is 8.73. The molecule has 0 fully saturated rings. The van der Waals surface area contributed by atoms with Crippen LogP contribution in [0.25, 0.3) is 11.4 Å². The molecule has 1 aromatic heterocycles.